The van der Waals surface area contributed by atoms with Crippen molar-refractivity contribution in [2.75, 3.05) is 13.1 Å². The number of rotatable bonds is 2. The zero-order valence-corrected chi connectivity index (χ0v) is 17.3. The molecule has 1 aliphatic carbocycles. The van der Waals surface area contributed by atoms with Gasteiger partial charge in [0.1, 0.15) is 11.2 Å². The molecule has 0 unspecified atom stereocenters. The Hall–Kier alpha value is -2.34. The minimum absolute atomic E-state index is 0.0135. The van der Waals surface area contributed by atoms with Crippen molar-refractivity contribution < 1.29 is 14.6 Å². The van der Waals surface area contributed by atoms with Gasteiger partial charge in [-0.05, 0) is 65.2 Å². The zero-order chi connectivity index (χ0) is 20.3. The quantitative estimate of drug-likeness (QED) is 0.858. The number of amides is 1. The average Bonchev–Trinajstić information content (AvgIpc) is 2.90. The van der Waals surface area contributed by atoms with Crippen molar-refractivity contribution in [3.05, 3.63) is 47.3 Å². The number of ether oxygens (including phenoxy) is 1. The number of nitrogens with zero attached hydrogens (tertiary/aromatic N) is 3. The Morgan fingerprint density at radius 3 is 2.43 bits per heavy atom. The highest BCUT2D eigenvalue weighted by molar-refractivity contribution is 5.69. The van der Waals surface area contributed by atoms with Crippen molar-refractivity contribution in [3.8, 4) is 5.69 Å². The van der Waals surface area contributed by atoms with Gasteiger partial charge in [-0.15, -0.1) is 0 Å². The van der Waals surface area contributed by atoms with Crippen LogP contribution in [0.5, 0.6) is 0 Å². The molecule has 1 saturated carbocycles. The van der Waals surface area contributed by atoms with Crippen molar-refractivity contribution in [2.45, 2.75) is 58.7 Å². The molecule has 6 heteroatoms. The van der Waals surface area contributed by atoms with E-state index in [0.717, 1.165) is 22.6 Å². The number of carbonyl (C=O) groups is 1. The standard InChI is InChI=1S/C22H29N3O3/c1-15-8-6-7-9-17(15)25-18(10-16(2)23-25)22(27)11-21(12-22)13-24(14-21)19(26)28-20(3,4)5/h6-10,27H,11-14H2,1-5H3. The lowest BCUT2D eigenvalue weighted by Crippen LogP contribution is -2.68. The summed E-state index contributed by atoms with van der Waals surface area (Å²) in [7, 11) is 0. The van der Waals surface area contributed by atoms with Crippen LogP contribution in [-0.4, -0.2) is 44.6 Å². The number of likely N-dealkylation sites (tertiary alicyclic amines) is 1. The maximum Gasteiger partial charge on any atom is 0.410 e. The molecule has 28 heavy (non-hydrogen) atoms. The summed E-state index contributed by atoms with van der Waals surface area (Å²) in [5.74, 6) is 0. The fourth-order valence-corrected chi connectivity index (χ4v) is 4.63. The Morgan fingerprint density at radius 2 is 1.82 bits per heavy atom. The second-order valence-electron chi connectivity index (χ2n) is 9.59. The first-order valence-corrected chi connectivity index (χ1v) is 9.84. The van der Waals surface area contributed by atoms with Gasteiger partial charge in [-0.2, -0.15) is 5.10 Å². The molecule has 1 aromatic heterocycles. The largest absolute Gasteiger partial charge is 0.444 e. The summed E-state index contributed by atoms with van der Waals surface area (Å²) >= 11 is 0. The smallest absolute Gasteiger partial charge is 0.410 e. The van der Waals surface area contributed by atoms with Gasteiger partial charge < -0.3 is 14.7 Å². The van der Waals surface area contributed by atoms with E-state index in [1.807, 2.05) is 69.6 Å². The van der Waals surface area contributed by atoms with Crippen LogP contribution in [0.3, 0.4) is 0 Å². The Balaban J connectivity index is 1.49. The molecule has 2 aliphatic rings. The lowest BCUT2D eigenvalue weighted by atomic mass is 9.54. The van der Waals surface area contributed by atoms with E-state index in [9.17, 15) is 9.90 Å². The first kappa shape index (κ1) is 19.0. The summed E-state index contributed by atoms with van der Waals surface area (Å²) in [6.45, 7) is 10.9. The van der Waals surface area contributed by atoms with Gasteiger partial charge in [0.2, 0.25) is 0 Å². The van der Waals surface area contributed by atoms with Crippen LogP contribution >= 0.6 is 0 Å². The van der Waals surface area contributed by atoms with E-state index in [2.05, 4.69) is 5.10 Å². The van der Waals surface area contributed by atoms with Gasteiger partial charge in [0.05, 0.1) is 17.1 Å². The van der Waals surface area contributed by atoms with Crippen LogP contribution in [0.1, 0.15) is 50.6 Å². The molecule has 150 valence electrons. The molecule has 6 nitrogen and oxygen atoms in total. The molecule has 1 aliphatic heterocycles. The first-order valence-electron chi connectivity index (χ1n) is 9.84. The Labute approximate surface area is 166 Å². The van der Waals surface area contributed by atoms with Gasteiger partial charge in [0.15, 0.2) is 0 Å². The highest BCUT2D eigenvalue weighted by Crippen LogP contribution is 2.58. The van der Waals surface area contributed by atoms with Crippen molar-refractivity contribution in [2.24, 2.45) is 5.41 Å². The van der Waals surface area contributed by atoms with Gasteiger partial charge in [-0.1, -0.05) is 18.2 Å². The maximum atomic E-state index is 12.2. The third-order valence-electron chi connectivity index (χ3n) is 5.69. The van der Waals surface area contributed by atoms with E-state index in [4.69, 9.17) is 4.74 Å². The van der Waals surface area contributed by atoms with Crippen LogP contribution in [0, 0.1) is 19.3 Å². The van der Waals surface area contributed by atoms with Crippen LogP contribution in [0.15, 0.2) is 30.3 Å². The zero-order valence-electron chi connectivity index (χ0n) is 17.3. The van der Waals surface area contributed by atoms with E-state index in [0.29, 0.717) is 25.9 Å². The Kier molecular flexibility index (Phi) is 4.12. The van der Waals surface area contributed by atoms with Gasteiger partial charge in [0.25, 0.3) is 0 Å². The summed E-state index contributed by atoms with van der Waals surface area (Å²) in [6.07, 6.45) is 1.00. The summed E-state index contributed by atoms with van der Waals surface area (Å²) in [5.41, 5.74) is 2.41. The SMILES string of the molecule is Cc1cc(C2(O)CC3(CN(C(=O)OC(C)(C)C)C3)C2)n(-c2ccccc2C)n1. The summed E-state index contributed by atoms with van der Waals surface area (Å²) < 4.78 is 7.32. The molecular weight excluding hydrogens is 354 g/mol. The molecule has 1 aromatic carbocycles. The van der Waals surface area contributed by atoms with Gasteiger partial charge in [0, 0.05) is 18.5 Å². The number of hydrogen-bond donors (Lipinski definition) is 1. The monoisotopic (exact) mass is 383 g/mol. The van der Waals surface area contributed by atoms with Crippen molar-refractivity contribution in [1.29, 1.82) is 0 Å². The van der Waals surface area contributed by atoms with E-state index in [1.165, 1.54) is 0 Å². The molecule has 1 saturated heterocycles. The third kappa shape index (κ3) is 3.20. The van der Waals surface area contributed by atoms with Crippen molar-refractivity contribution in [3.63, 3.8) is 0 Å². The Bertz CT molecular complexity index is 911. The molecule has 2 aromatic rings. The molecule has 1 spiro atoms. The summed E-state index contributed by atoms with van der Waals surface area (Å²) in [4.78, 5) is 13.9. The van der Waals surface area contributed by atoms with Gasteiger partial charge in [-0.3, -0.25) is 0 Å². The second-order valence-corrected chi connectivity index (χ2v) is 9.59. The molecule has 0 bridgehead atoms. The van der Waals surface area contributed by atoms with E-state index < -0.39 is 11.2 Å². The highest BCUT2D eigenvalue weighted by atomic mass is 16.6. The lowest BCUT2D eigenvalue weighted by molar-refractivity contribution is -0.193. The predicted octanol–water partition coefficient (Wildman–Crippen LogP) is 3.71. The number of carbonyl (C=O) groups excluding carboxylic acids is 1. The van der Waals surface area contributed by atoms with Crippen molar-refractivity contribution in [1.82, 2.24) is 14.7 Å². The molecule has 1 N–H and O–H groups in total. The van der Waals surface area contributed by atoms with E-state index in [1.54, 1.807) is 4.90 Å². The normalized spacial score (nSPS) is 19.9. The summed E-state index contributed by atoms with van der Waals surface area (Å²) in [6, 6.07) is 10.0. The van der Waals surface area contributed by atoms with Crippen LogP contribution < -0.4 is 0 Å². The molecule has 1 amide bonds. The molecule has 2 fully saturated rings. The van der Waals surface area contributed by atoms with E-state index >= 15 is 0 Å². The second kappa shape index (κ2) is 6.08. The lowest BCUT2D eigenvalue weighted by Gasteiger charge is -2.61. The predicted molar refractivity (Wildman–Crippen MR) is 106 cm³/mol. The molecule has 0 radical (unpaired) electrons. The maximum absolute atomic E-state index is 12.2. The minimum Gasteiger partial charge on any atom is -0.444 e. The number of aromatic nitrogens is 2. The molecule has 0 atom stereocenters. The fourth-order valence-electron chi connectivity index (χ4n) is 4.63. The number of para-hydroxylation sites is 1. The molecule has 2 heterocycles. The Morgan fingerprint density at radius 1 is 1.18 bits per heavy atom. The number of benzene rings is 1. The van der Waals surface area contributed by atoms with Gasteiger partial charge >= 0.3 is 6.09 Å². The fraction of sp³-hybridized carbons (Fsp3) is 0.545. The first-order chi connectivity index (χ1) is 13.0. The topological polar surface area (TPSA) is 67.6 Å². The molecular formula is C22H29N3O3. The van der Waals surface area contributed by atoms with Crippen LogP contribution in [0.25, 0.3) is 5.69 Å². The van der Waals surface area contributed by atoms with Crippen LogP contribution in [0.4, 0.5) is 4.79 Å². The van der Waals surface area contributed by atoms with Crippen LogP contribution in [0.2, 0.25) is 0 Å². The minimum atomic E-state index is -0.913. The highest BCUT2D eigenvalue weighted by Gasteiger charge is 2.62. The van der Waals surface area contributed by atoms with E-state index in [-0.39, 0.29) is 11.5 Å². The number of hydrogen-bond acceptors (Lipinski definition) is 4. The van der Waals surface area contributed by atoms with Crippen LogP contribution in [-0.2, 0) is 10.3 Å². The number of aliphatic hydroxyl groups is 1. The van der Waals surface area contributed by atoms with Crippen molar-refractivity contribution >= 4 is 6.09 Å². The molecule has 4 rings (SSSR count). The average molecular weight is 383 g/mol. The number of aryl methyl sites for hydroxylation is 2. The summed E-state index contributed by atoms with van der Waals surface area (Å²) in [5, 5.41) is 16.0. The third-order valence-corrected chi connectivity index (χ3v) is 5.69. The van der Waals surface area contributed by atoms with Gasteiger partial charge in [-0.25, -0.2) is 9.48 Å².